The number of ether oxygens (including phenoxy) is 1. The van der Waals surface area contributed by atoms with Crippen molar-refractivity contribution in [3.63, 3.8) is 0 Å². The van der Waals surface area contributed by atoms with Crippen LogP contribution in [0.5, 0.6) is 0 Å². The molecule has 0 spiro atoms. The van der Waals surface area contributed by atoms with E-state index in [1.54, 1.807) is 0 Å². The molecule has 0 aromatic carbocycles. The Kier molecular flexibility index (Phi) is 5.54. The van der Waals surface area contributed by atoms with Crippen LogP contribution in [0.4, 0.5) is 0 Å². The molecule has 2 N–H and O–H groups in total. The summed E-state index contributed by atoms with van der Waals surface area (Å²) in [7, 11) is 2.18. The van der Waals surface area contributed by atoms with Gasteiger partial charge in [-0.15, -0.1) is 0 Å². The first-order valence-electron chi connectivity index (χ1n) is 6.88. The molecule has 0 amide bonds. The number of hydrogen-bond donors (Lipinski definition) is 1. The van der Waals surface area contributed by atoms with Crippen molar-refractivity contribution < 1.29 is 4.74 Å². The van der Waals surface area contributed by atoms with Gasteiger partial charge in [-0.3, -0.25) is 0 Å². The van der Waals surface area contributed by atoms with E-state index in [1.165, 1.54) is 0 Å². The Morgan fingerprint density at radius 2 is 2.11 bits per heavy atom. The summed E-state index contributed by atoms with van der Waals surface area (Å²) in [4.78, 5) is 2.39. The highest BCUT2D eigenvalue weighted by molar-refractivity contribution is 7.98. The topological polar surface area (TPSA) is 38.5 Å². The minimum atomic E-state index is -0.117. The van der Waals surface area contributed by atoms with Crippen LogP contribution in [0.3, 0.4) is 0 Å². The van der Waals surface area contributed by atoms with Gasteiger partial charge in [-0.1, -0.05) is 13.8 Å². The number of rotatable bonds is 7. The van der Waals surface area contributed by atoms with E-state index in [1.807, 2.05) is 11.8 Å². The van der Waals surface area contributed by atoms with Crippen LogP contribution < -0.4 is 5.73 Å². The quantitative estimate of drug-likeness (QED) is 0.772. The van der Waals surface area contributed by atoms with Crippen molar-refractivity contribution in [2.24, 2.45) is 11.1 Å². The standard InChI is InChI=1S/C14H30N2OS/c1-7-17-12-8-14(15,13(12,3)4)10-16(5)11(2)9-18-6/h11-12H,7-10,15H2,1-6H3. The van der Waals surface area contributed by atoms with E-state index in [0.29, 0.717) is 12.1 Å². The second-order valence-corrected chi connectivity index (χ2v) is 7.16. The van der Waals surface area contributed by atoms with E-state index in [2.05, 4.69) is 45.9 Å². The van der Waals surface area contributed by atoms with Crippen molar-refractivity contribution in [2.45, 2.75) is 51.8 Å². The predicted octanol–water partition coefficient (Wildman–Crippen LogP) is 2.20. The lowest BCUT2D eigenvalue weighted by atomic mass is 9.54. The normalized spacial score (nSPS) is 32.3. The van der Waals surface area contributed by atoms with Gasteiger partial charge >= 0.3 is 0 Å². The molecule has 1 rings (SSSR count). The van der Waals surface area contributed by atoms with E-state index >= 15 is 0 Å². The maximum Gasteiger partial charge on any atom is 0.0662 e. The minimum Gasteiger partial charge on any atom is -0.378 e. The average Bonchev–Trinajstić information content (AvgIpc) is 2.29. The van der Waals surface area contributed by atoms with Gasteiger partial charge in [-0.2, -0.15) is 11.8 Å². The van der Waals surface area contributed by atoms with Gasteiger partial charge in [-0.25, -0.2) is 0 Å². The lowest BCUT2D eigenvalue weighted by molar-refractivity contribution is -0.156. The van der Waals surface area contributed by atoms with Crippen LogP contribution in [-0.2, 0) is 4.74 Å². The summed E-state index contributed by atoms with van der Waals surface area (Å²) in [5.41, 5.74) is 6.56. The fourth-order valence-corrected chi connectivity index (χ4v) is 3.48. The Hall–Kier alpha value is 0.230. The van der Waals surface area contributed by atoms with Gasteiger partial charge in [0.1, 0.15) is 0 Å². The highest BCUT2D eigenvalue weighted by atomic mass is 32.2. The number of hydrogen-bond acceptors (Lipinski definition) is 4. The van der Waals surface area contributed by atoms with Crippen LogP contribution in [0.15, 0.2) is 0 Å². The average molecular weight is 274 g/mol. The lowest BCUT2D eigenvalue weighted by Gasteiger charge is -2.60. The van der Waals surface area contributed by atoms with Gasteiger partial charge in [0, 0.05) is 35.9 Å². The Morgan fingerprint density at radius 3 is 2.56 bits per heavy atom. The Labute approximate surface area is 117 Å². The molecule has 0 radical (unpaired) electrons. The smallest absolute Gasteiger partial charge is 0.0662 e. The Bertz CT molecular complexity index is 273. The molecule has 0 saturated heterocycles. The van der Waals surface area contributed by atoms with Gasteiger partial charge in [-0.05, 0) is 33.6 Å². The largest absolute Gasteiger partial charge is 0.378 e. The van der Waals surface area contributed by atoms with Crippen molar-refractivity contribution in [1.82, 2.24) is 4.90 Å². The molecule has 4 heteroatoms. The maximum absolute atomic E-state index is 6.61. The van der Waals surface area contributed by atoms with Crippen molar-refractivity contribution in [1.29, 1.82) is 0 Å². The first-order valence-corrected chi connectivity index (χ1v) is 8.27. The fourth-order valence-electron chi connectivity index (χ4n) is 2.74. The van der Waals surface area contributed by atoms with Crippen molar-refractivity contribution >= 4 is 11.8 Å². The summed E-state index contributed by atoms with van der Waals surface area (Å²) >= 11 is 1.89. The zero-order valence-corrected chi connectivity index (χ0v) is 13.6. The molecule has 1 fully saturated rings. The van der Waals surface area contributed by atoms with Crippen LogP contribution in [0.2, 0.25) is 0 Å². The second-order valence-electron chi connectivity index (χ2n) is 6.25. The van der Waals surface area contributed by atoms with Crippen LogP contribution in [0, 0.1) is 5.41 Å². The molecule has 1 aliphatic rings. The lowest BCUT2D eigenvalue weighted by Crippen LogP contribution is -2.73. The molecular weight excluding hydrogens is 244 g/mol. The summed E-state index contributed by atoms with van der Waals surface area (Å²) in [5, 5.41) is 0. The fraction of sp³-hybridized carbons (Fsp3) is 1.00. The van der Waals surface area contributed by atoms with E-state index in [9.17, 15) is 0 Å². The van der Waals surface area contributed by atoms with Gasteiger partial charge in [0.2, 0.25) is 0 Å². The van der Waals surface area contributed by atoms with Crippen molar-refractivity contribution in [3.05, 3.63) is 0 Å². The van der Waals surface area contributed by atoms with Gasteiger partial charge in [0.05, 0.1) is 6.10 Å². The summed E-state index contributed by atoms with van der Waals surface area (Å²) in [6.07, 6.45) is 3.45. The van der Waals surface area contributed by atoms with Gasteiger partial charge in [0.25, 0.3) is 0 Å². The molecule has 3 unspecified atom stereocenters. The first-order chi connectivity index (χ1) is 8.28. The third-order valence-electron chi connectivity index (χ3n) is 4.70. The van der Waals surface area contributed by atoms with E-state index in [-0.39, 0.29) is 11.0 Å². The predicted molar refractivity (Wildman–Crippen MR) is 81.2 cm³/mol. The molecule has 1 saturated carbocycles. The number of thioether (sulfide) groups is 1. The highest BCUT2D eigenvalue weighted by Crippen LogP contribution is 2.50. The third-order valence-corrected chi connectivity index (χ3v) is 5.51. The van der Waals surface area contributed by atoms with Crippen molar-refractivity contribution in [3.8, 4) is 0 Å². The minimum absolute atomic E-state index is 0.0658. The SMILES string of the molecule is CCOC1CC(N)(CN(C)C(C)CSC)C1(C)C. The van der Waals surface area contributed by atoms with Crippen LogP contribution in [0.1, 0.15) is 34.1 Å². The second kappa shape index (κ2) is 6.12. The molecule has 0 aromatic heterocycles. The molecule has 18 heavy (non-hydrogen) atoms. The van der Waals surface area contributed by atoms with Crippen molar-refractivity contribution in [2.75, 3.05) is 32.2 Å². The van der Waals surface area contributed by atoms with Gasteiger partial charge < -0.3 is 15.4 Å². The molecule has 3 atom stereocenters. The molecule has 108 valence electrons. The maximum atomic E-state index is 6.61. The first kappa shape index (κ1) is 16.3. The molecular formula is C14H30N2OS. The summed E-state index contributed by atoms with van der Waals surface area (Å²) in [6.45, 7) is 10.5. The number of nitrogens with zero attached hydrogens (tertiary/aromatic N) is 1. The molecule has 0 heterocycles. The van der Waals surface area contributed by atoms with Crippen LogP contribution in [-0.4, -0.2) is 54.8 Å². The van der Waals surface area contributed by atoms with E-state index in [0.717, 1.165) is 25.3 Å². The number of likely N-dealkylation sites (N-methyl/N-ethyl adjacent to an activating group) is 1. The monoisotopic (exact) mass is 274 g/mol. The van der Waals surface area contributed by atoms with Crippen LogP contribution in [0.25, 0.3) is 0 Å². The molecule has 0 aliphatic heterocycles. The molecule has 3 nitrogen and oxygen atoms in total. The molecule has 0 bridgehead atoms. The zero-order valence-electron chi connectivity index (χ0n) is 12.8. The zero-order chi connectivity index (χ0) is 14.0. The summed E-state index contributed by atoms with van der Waals surface area (Å²) in [5.74, 6) is 1.15. The third kappa shape index (κ3) is 3.03. The van der Waals surface area contributed by atoms with E-state index < -0.39 is 0 Å². The summed E-state index contributed by atoms with van der Waals surface area (Å²) in [6, 6.07) is 0.572. The highest BCUT2D eigenvalue weighted by Gasteiger charge is 2.58. The van der Waals surface area contributed by atoms with Crippen LogP contribution >= 0.6 is 11.8 Å². The Morgan fingerprint density at radius 1 is 1.50 bits per heavy atom. The van der Waals surface area contributed by atoms with Gasteiger partial charge in [0.15, 0.2) is 0 Å². The number of nitrogens with two attached hydrogens (primary N) is 1. The molecule has 0 aromatic rings. The molecule has 1 aliphatic carbocycles. The summed E-state index contributed by atoms with van der Waals surface area (Å²) < 4.78 is 5.78. The Balaban J connectivity index is 2.57. The van der Waals surface area contributed by atoms with E-state index in [4.69, 9.17) is 10.5 Å².